The van der Waals surface area contributed by atoms with E-state index in [9.17, 15) is 10.1 Å². The molecule has 5 nitrogen and oxygen atoms in total. The average molecular weight is 214 g/mol. The molecule has 0 unspecified atom stereocenters. The normalized spacial score (nSPS) is 9.79. The summed E-state index contributed by atoms with van der Waals surface area (Å²) in [5.74, 6) is -0.0402. The van der Waals surface area contributed by atoms with E-state index >= 15 is 0 Å². The average Bonchev–Trinajstić information content (AvgIpc) is 2.07. The SMILES string of the molecule is N=C(N)Cc1ccc(Cl)c([N+](=O)[O-])c1. The molecule has 0 amide bonds. The smallest absolute Gasteiger partial charge is 0.288 e. The lowest BCUT2D eigenvalue weighted by atomic mass is 10.1. The lowest BCUT2D eigenvalue weighted by Crippen LogP contribution is -2.12. The van der Waals surface area contributed by atoms with Gasteiger partial charge in [0.25, 0.3) is 5.69 Å². The van der Waals surface area contributed by atoms with Crippen molar-refractivity contribution in [1.82, 2.24) is 0 Å². The van der Waals surface area contributed by atoms with Crippen LogP contribution in [-0.4, -0.2) is 10.8 Å². The second kappa shape index (κ2) is 4.06. The molecule has 0 aliphatic heterocycles. The fraction of sp³-hybridized carbons (Fsp3) is 0.125. The predicted octanol–water partition coefficient (Wildman–Crippen LogP) is 1.73. The number of nitrogens with one attached hydrogen (secondary N) is 1. The molecule has 0 aliphatic rings. The van der Waals surface area contributed by atoms with Crippen molar-refractivity contribution < 1.29 is 4.92 Å². The number of nitro groups is 1. The topological polar surface area (TPSA) is 93.0 Å². The third-order valence-electron chi connectivity index (χ3n) is 1.60. The molecule has 0 saturated carbocycles. The van der Waals surface area contributed by atoms with Crippen molar-refractivity contribution in [2.75, 3.05) is 0 Å². The highest BCUT2D eigenvalue weighted by atomic mass is 35.5. The van der Waals surface area contributed by atoms with Crippen molar-refractivity contribution in [3.63, 3.8) is 0 Å². The van der Waals surface area contributed by atoms with Crippen LogP contribution in [0.15, 0.2) is 18.2 Å². The Morgan fingerprint density at radius 2 is 2.29 bits per heavy atom. The van der Waals surface area contributed by atoms with Crippen molar-refractivity contribution in [3.8, 4) is 0 Å². The summed E-state index contributed by atoms with van der Waals surface area (Å²) in [7, 11) is 0. The van der Waals surface area contributed by atoms with Crippen LogP contribution in [0.3, 0.4) is 0 Å². The molecule has 0 spiro atoms. The fourth-order valence-corrected chi connectivity index (χ4v) is 1.21. The van der Waals surface area contributed by atoms with Crippen LogP contribution in [0.25, 0.3) is 0 Å². The van der Waals surface area contributed by atoms with Gasteiger partial charge in [0, 0.05) is 12.5 Å². The van der Waals surface area contributed by atoms with Gasteiger partial charge in [-0.25, -0.2) is 0 Å². The van der Waals surface area contributed by atoms with Crippen LogP contribution in [0.2, 0.25) is 5.02 Å². The van der Waals surface area contributed by atoms with Crippen LogP contribution in [0.4, 0.5) is 5.69 Å². The Labute approximate surface area is 85.1 Å². The van der Waals surface area contributed by atoms with E-state index in [0.717, 1.165) is 0 Å². The van der Waals surface area contributed by atoms with Crippen molar-refractivity contribution in [2.24, 2.45) is 5.73 Å². The van der Waals surface area contributed by atoms with Crippen molar-refractivity contribution in [2.45, 2.75) is 6.42 Å². The van der Waals surface area contributed by atoms with Gasteiger partial charge in [-0.2, -0.15) is 0 Å². The molecule has 1 aromatic carbocycles. The first-order valence-corrected chi connectivity index (χ1v) is 4.14. The first-order chi connectivity index (χ1) is 6.50. The molecule has 6 heteroatoms. The molecule has 0 heterocycles. The number of nitrogens with zero attached hydrogens (tertiary/aromatic N) is 1. The molecule has 1 aromatic rings. The molecule has 0 bridgehead atoms. The zero-order valence-electron chi connectivity index (χ0n) is 7.16. The molecular formula is C8H8ClN3O2. The number of nitrogens with two attached hydrogens (primary N) is 1. The zero-order chi connectivity index (χ0) is 10.7. The fourth-order valence-electron chi connectivity index (χ4n) is 1.03. The van der Waals surface area contributed by atoms with E-state index in [4.69, 9.17) is 22.7 Å². The molecule has 3 N–H and O–H groups in total. The van der Waals surface area contributed by atoms with Crippen molar-refractivity contribution >= 4 is 23.1 Å². The number of amidine groups is 1. The Hall–Kier alpha value is -1.62. The van der Waals surface area contributed by atoms with E-state index in [1.807, 2.05) is 0 Å². The highest BCUT2D eigenvalue weighted by Gasteiger charge is 2.12. The standard InChI is InChI=1S/C8H8ClN3O2/c9-6-2-1-5(4-8(10)11)3-7(6)12(13)14/h1-3H,4H2,(H3,10,11). The molecule has 0 aromatic heterocycles. The Morgan fingerprint density at radius 3 is 2.79 bits per heavy atom. The van der Waals surface area contributed by atoms with Crippen LogP contribution in [0, 0.1) is 15.5 Å². The van der Waals surface area contributed by atoms with E-state index in [1.165, 1.54) is 12.1 Å². The van der Waals surface area contributed by atoms with Gasteiger partial charge in [-0.3, -0.25) is 15.5 Å². The lowest BCUT2D eigenvalue weighted by molar-refractivity contribution is -0.384. The van der Waals surface area contributed by atoms with Gasteiger partial charge in [-0.05, 0) is 11.6 Å². The summed E-state index contributed by atoms with van der Waals surface area (Å²) >= 11 is 5.60. The van der Waals surface area contributed by atoms with Crippen molar-refractivity contribution in [3.05, 3.63) is 38.9 Å². The minimum atomic E-state index is -0.564. The largest absolute Gasteiger partial charge is 0.387 e. The maximum atomic E-state index is 10.5. The first-order valence-electron chi connectivity index (χ1n) is 3.76. The third-order valence-corrected chi connectivity index (χ3v) is 1.92. The van der Waals surface area contributed by atoms with Gasteiger partial charge in [0.15, 0.2) is 0 Å². The summed E-state index contributed by atoms with van der Waals surface area (Å²) in [6.45, 7) is 0. The quantitative estimate of drug-likeness (QED) is 0.347. The summed E-state index contributed by atoms with van der Waals surface area (Å²) in [5, 5.41) is 17.6. The number of hydrogen-bond acceptors (Lipinski definition) is 3. The lowest BCUT2D eigenvalue weighted by Gasteiger charge is -2.00. The third kappa shape index (κ3) is 2.43. The van der Waals surface area contributed by atoms with E-state index in [0.29, 0.717) is 5.56 Å². The predicted molar refractivity (Wildman–Crippen MR) is 53.7 cm³/mol. The highest BCUT2D eigenvalue weighted by Crippen LogP contribution is 2.25. The molecule has 74 valence electrons. The highest BCUT2D eigenvalue weighted by molar-refractivity contribution is 6.32. The molecule has 0 fully saturated rings. The molecule has 0 atom stereocenters. The Balaban J connectivity index is 3.06. The van der Waals surface area contributed by atoms with Crippen LogP contribution in [0.1, 0.15) is 5.56 Å². The van der Waals surface area contributed by atoms with E-state index in [1.54, 1.807) is 6.07 Å². The van der Waals surface area contributed by atoms with Gasteiger partial charge in [0.1, 0.15) is 5.02 Å². The van der Waals surface area contributed by atoms with Gasteiger partial charge in [-0.15, -0.1) is 0 Å². The van der Waals surface area contributed by atoms with E-state index in [2.05, 4.69) is 0 Å². The maximum absolute atomic E-state index is 10.5. The number of benzene rings is 1. The molecule has 1 rings (SSSR count). The van der Waals surface area contributed by atoms with Crippen LogP contribution in [-0.2, 0) is 6.42 Å². The summed E-state index contributed by atoms with van der Waals surface area (Å²) in [6, 6.07) is 4.36. The molecule has 0 radical (unpaired) electrons. The Bertz CT molecular complexity index is 392. The van der Waals surface area contributed by atoms with E-state index in [-0.39, 0.29) is 23.0 Å². The van der Waals surface area contributed by atoms with Gasteiger partial charge in [0.2, 0.25) is 0 Å². The summed E-state index contributed by atoms with van der Waals surface area (Å²) in [5.41, 5.74) is 5.61. The summed E-state index contributed by atoms with van der Waals surface area (Å²) in [4.78, 5) is 9.93. The maximum Gasteiger partial charge on any atom is 0.288 e. The second-order valence-electron chi connectivity index (χ2n) is 2.74. The van der Waals surface area contributed by atoms with Gasteiger partial charge in [0.05, 0.1) is 10.8 Å². The minimum Gasteiger partial charge on any atom is -0.387 e. The Morgan fingerprint density at radius 1 is 1.64 bits per heavy atom. The summed E-state index contributed by atoms with van der Waals surface area (Å²) in [6.07, 6.45) is 0.192. The Kier molecular flexibility index (Phi) is 3.03. The zero-order valence-corrected chi connectivity index (χ0v) is 7.91. The molecule has 0 aliphatic carbocycles. The number of hydrogen-bond donors (Lipinski definition) is 2. The summed E-state index contributed by atoms with van der Waals surface area (Å²) < 4.78 is 0. The van der Waals surface area contributed by atoms with Gasteiger partial charge < -0.3 is 5.73 Å². The monoisotopic (exact) mass is 213 g/mol. The van der Waals surface area contributed by atoms with Crippen LogP contribution in [0.5, 0.6) is 0 Å². The number of rotatable bonds is 3. The number of nitro benzene ring substituents is 1. The van der Waals surface area contributed by atoms with Crippen LogP contribution < -0.4 is 5.73 Å². The van der Waals surface area contributed by atoms with Gasteiger partial charge in [-0.1, -0.05) is 17.7 Å². The van der Waals surface area contributed by atoms with E-state index < -0.39 is 4.92 Å². The van der Waals surface area contributed by atoms with Gasteiger partial charge >= 0.3 is 0 Å². The molecule has 14 heavy (non-hydrogen) atoms. The minimum absolute atomic E-state index is 0.0402. The number of halogens is 1. The van der Waals surface area contributed by atoms with Crippen LogP contribution >= 0.6 is 11.6 Å². The second-order valence-corrected chi connectivity index (χ2v) is 3.15. The van der Waals surface area contributed by atoms with Crippen molar-refractivity contribution in [1.29, 1.82) is 5.41 Å². The first kappa shape index (κ1) is 10.5. The molecule has 0 saturated heterocycles. The molecular weight excluding hydrogens is 206 g/mol.